The quantitative estimate of drug-likeness (QED) is 0.519. The van der Waals surface area contributed by atoms with Gasteiger partial charge in [-0.3, -0.25) is 0 Å². The number of nitrogens with zero attached hydrogens (tertiary/aromatic N) is 4. The number of piperidine rings is 1. The summed E-state index contributed by atoms with van der Waals surface area (Å²) in [4.78, 5) is 18.8. The fourth-order valence-electron chi connectivity index (χ4n) is 4.76. The van der Waals surface area contributed by atoms with E-state index in [9.17, 15) is 9.90 Å². The Morgan fingerprint density at radius 1 is 1.12 bits per heavy atom. The maximum absolute atomic E-state index is 12.0. The van der Waals surface area contributed by atoms with Gasteiger partial charge in [-0.15, -0.1) is 0 Å². The van der Waals surface area contributed by atoms with Crippen LogP contribution in [0.1, 0.15) is 54.2 Å². The number of ether oxygens (including phenoxy) is 2. The van der Waals surface area contributed by atoms with Crippen molar-refractivity contribution in [3.05, 3.63) is 47.8 Å². The Morgan fingerprint density at radius 3 is 2.52 bits per heavy atom. The summed E-state index contributed by atoms with van der Waals surface area (Å²) in [6.45, 7) is 2.79. The molecule has 0 spiro atoms. The molecule has 3 aromatic rings. The molecule has 0 unspecified atom stereocenters. The molecule has 1 saturated carbocycles. The number of carbonyl (C=O) groups is 1. The summed E-state index contributed by atoms with van der Waals surface area (Å²) in [5.41, 5.74) is 3.53. The highest BCUT2D eigenvalue weighted by atomic mass is 16.5. The Balaban J connectivity index is 1.56. The lowest BCUT2D eigenvalue weighted by atomic mass is 9.82. The van der Waals surface area contributed by atoms with Gasteiger partial charge in [0.25, 0.3) is 0 Å². The first-order valence-electron chi connectivity index (χ1n) is 11.7. The summed E-state index contributed by atoms with van der Waals surface area (Å²) in [5, 5.41) is 15.8. The minimum absolute atomic E-state index is 0.0493. The molecule has 1 aliphatic heterocycles. The van der Waals surface area contributed by atoms with Crippen LogP contribution in [-0.4, -0.2) is 65.4 Å². The summed E-state index contributed by atoms with van der Waals surface area (Å²) >= 11 is 0. The third-order valence-corrected chi connectivity index (χ3v) is 6.78. The van der Waals surface area contributed by atoms with Gasteiger partial charge in [0.05, 0.1) is 41.8 Å². The van der Waals surface area contributed by atoms with Gasteiger partial charge >= 0.3 is 5.97 Å². The highest BCUT2D eigenvalue weighted by Crippen LogP contribution is 2.43. The Labute approximate surface area is 193 Å². The molecular formula is C25H30N4O4. The van der Waals surface area contributed by atoms with Crippen LogP contribution < -0.4 is 4.90 Å². The Kier molecular flexibility index (Phi) is 6.28. The zero-order valence-corrected chi connectivity index (χ0v) is 18.9. The summed E-state index contributed by atoms with van der Waals surface area (Å²) in [7, 11) is 1.68. The van der Waals surface area contributed by atoms with Crippen LogP contribution in [0.25, 0.3) is 16.7 Å². The predicted molar refractivity (Wildman–Crippen MR) is 125 cm³/mol. The molecule has 2 aromatic heterocycles. The summed E-state index contributed by atoms with van der Waals surface area (Å²) < 4.78 is 12.8. The van der Waals surface area contributed by atoms with Gasteiger partial charge < -0.3 is 19.5 Å². The molecule has 8 heteroatoms. The predicted octanol–water partition coefficient (Wildman–Crippen LogP) is 4.02. The monoisotopic (exact) mass is 450 g/mol. The number of carboxylic acid groups (broad SMARTS) is 1. The lowest BCUT2D eigenvalue weighted by molar-refractivity contribution is 0.00612. The zero-order chi connectivity index (χ0) is 22.8. The van der Waals surface area contributed by atoms with Crippen LogP contribution in [0.15, 0.2) is 36.4 Å². The Bertz CT molecular complexity index is 1120. The molecule has 1 aliphatic carbocycles. The number of hydrogen-bond acceptors (Lipinski definition) is 6. The van der Waals surface area contributed by atoms with Crippen molar-refractivity contribution >= 4 is 22.7 Å². The number of anilines is 1. The van der Waals surface area contributed by atoms with E-state index in [0.717, 1.165) is 61.2 Å². The van der Waals surface area contributed by atoms with Crippen LogP contribution in [0.5, 0.6) is 0 Å². The molecule has 0 bridgehead atoms. The number of carboxylic acids is 1. The number of fused-ring (bicyclic) bond motifs is 1. The number of methoxy groups -OCH3 is 1. The van der Waals surface area contributed by atoms with Crippen LogP contribution in [0.3, 0.4) is 0 Å². The molecule has 3 heterocycles. The molecule has 1 N–H and O–H groups in total. The van der Waals surface area contributed by atoms with Gasteiger partial charge in [0.2, 0.25) is 0 Å². The van der Waals surface area contributed by atoms with Crippen molar-refractivity contribution in [1.29, 1.82) is 0 Å². The van der Waals surface area contributed by atoms with Gasteiger partial charge in [-0.2, -0.15) is 5.10 Å². The van der Waals surface area contributed by atoms with E-state index < -0.39 is 5.97 Å². The van der Waals surface area contributed by atoms with Crippen molar-refractivity contribution in [3.63, 3.8) is 0 Å². The normalized spacial score (nSPS) is 17.4. The van der Waals surface area contributed by atoms with Crippen molar-refractivity contribution in [1.82, 2.24) is 14.8 Å². The number of hydrogen-bond donors (Lipinski definition) is 1. The number of benzene rings is 1. The number of pyridine rings is 1. The maximum atomic E-state index is 12.0. The van der Waals surface area contributed by atoms with Gasteiger partial charge in [-0.25, -0.2) is 14.5 Å². The number of para-hydroxylation sites is 1. The van der Waals surface area contributed by atoms with Crippen LogP contribution in [-0.2, 0) is 9.47 Å². The van der Waals surface area contributed by atoms with E-state index in [1.54, 1.807) is 13.2 Å². The van der Waals surface area contributed by atoms with Gasteiger partial charge in [-0.1, -0.05) is 24.6 Å². The van der Waals surface area contributed by atoms with Crippen LogP contribution >= 0.6 is 0 Å². The van der Waals surface area contributed by atoms with Crippen molar-refractivity contribution in [2.75, 3.05) is 38.3 Å². The lowest BCUT2D eigenvalue weighted by Crippen LogP contribution is -2.37. The smallest absolute Gasteiger partial charge is 0.354 e. The van der Waals surface area contributed by atoms with Crippen molar-refractivity contribution < 1.29 is 19.4 Å². The largest absolute Gasteiger partial charge is 0.477 e. The highest BCUT2D eigenvalue weighted by molar-refractivity contribution is 5.98. The molecule has 0 atom stereocenters. The van der Waals surface area contributed by atoms with Crippen molar-refractivity contribution in [2.45, 2.75) is 44.1 Å². The molecule has 8 nitrogen and oxygen atoms in total. The Hall–Kier alpha value is -2.97. The second kappa shape index (κ2) is 9.49. The van der Waals surface area contributed by atoms with Gasteiger partial charge in [0.15, 0.2) is 11.3 Å². The molecule has 0 amide bonds. The molecular weight excluding hydrogens is 420 g/mol. The van der Waals surface area contributed by atoms with Crippen LogP contribution in [0, 0.1) is 0 Å². The summed E-state index contributed by atoms with van der Waals surface area (Å²) in [5.74, 6) is -0.634. The minimum Gasteiger partial charge on any atom is -0.477 e. The van der Waals surface area contributed by atoms with E-state index in [1.807, 2.05) is 35.0 Å². The minimum atomic E-state index is -1.03. The van der Waals surface area contributed by atoms with E-state index >= 15 is 0 Å². The second-order valence-electron chi connectivity index (χ2n) is 8.84. The summed E-state index contributed by atoms with van der Waals surface area (Å²) in [6, 6.07) is 11.6. The van der Waals surface area contributed by atoms with E-state index in [-0.39, 0.29) is 11.8 Å². The maximum Gasteiger partial charge on any atom is 0.354 e. The third kappa shape index (κ3) is 4.32. The first-order valence-corrected chi connectivity index (χ1v) is 11.7. The average Bonchev–Trinajstić information content (AvgIpc) is 3.18. The molecule has 5 rings (SSSR count). The van der Waals surface area contributed by atoms with Gasteiger partial charge in [-0.05, 0) is 43.9 Å². The standard InChI is InChI=1S/C25H30N4O4/c1-32-14-15-33-19-10-12-28(13-11-19)21-16-20(25(30)31)26-24-22(21)23(17-6-5-7-17)27-29(24)18-8-3-2-4-9-18/h2-4,8-9,16-17,19H,5-7,10-15H2,1H3,(H,30,31). The van der Waals surface area contributed by atoms with Crippen molar-refractivity contribution in [3.8, 4) is 5.69 Å². The van der Waals surface area contributed by atoms with E-state index in [0.29, 0.717) is 24.8 Å². The molecule has 0 radical (unpaired) electrons. The lowest BCUT2D eigenvalue weighted by Gasteiger charge is -2.34. The third-order valence-electron chi connectivity index (χ3n) is 6.78. The zero-order valence-electron chi connectivity index (χ0n) is 18.9. The SMILES string of the molecule is COCCOC1CCN(c2cc(C(=O)O)nc3c2c(C2CCC2)nn3-c2ccccc2)CC1. The van der Waals surface area contributed by atoms with E-state index in [4.69, 9.17) is 14.6 Å². The molecule has 33 heavy (non-hydrogen) atoms. The van der Waals surface area contributed by atoms with E-state index in [2.05, 4.69) is 9.88 Å². The molecule has 1 aromatic carbocycles. The van der Waals surface area contributed by atoms with Crippen molar-refractivity contribution in [2.24, 2.45) is 0 Å². The topological polar surface area (TPSA) is 89.7 Å². The molecule has 1 saturated heterocycles. The van der Waals surface area contributed by atoms with Crippen LogP contribution in [0.2, 0.25) is 0 Å². The first-order chi connectivity index (χ1) is 16.2. The fraction of sp³-hybridized carbons (Fsp3) is 0.480. The first kappa shape index (κ1) is 21.9. The van der Waals surface area contributed by atoms with Crippen LogP contribution in [0.4, 0.5) is 5.69 Å². The Morgan fingerprint density at radius 2 is 1.88 bits per heavy atom. The van der Waals surface area contributed by atoms with Gasteiger partial charge in [0.1, 0.15) is 0 Å². The number of aromatic nitrogens is 3. The van der Waals surface area contributed by atoms with E-state index in [1.165, 1.54) is 6.42 Å². The van der Waals surface area contributed by atoms with Gasteiger partial charge in [0, 0.05) is 26.1 Å². The molecule has 174 valence electrons. The second-order valence-corrected chi connectivity index (χ2v) is 8.84. The average molecular weight is 451 g/mol. The molecule has 2 aliphatic rings. The number of rotatable bonds is 8. The highest BCUT2D eigenvalue weighted by Gasteiger charge is 2.31. The fourth-order valence-corrected chi connectivity index (χ4v) is 4.76. The summed E-state index contributed by atoms with van der Waals surface area (Å²) in [6.07, 6.45) is 5.39. The molecule has 2 fully saturated rings. The number of aromatic carboxylic acids is 1.